The quantitative estimate of drug-likeness (QED) is 0.301. The van der Waals surface area contributed by atoms with Gasteiger partial charge in [0.2, 0.25) is 5.43 Å². The lowest BCUT2D eigenvalue weighted by Gasteiger charge is -2.21. The molecule has 0 saturated carbocycles. The van der Waals surface area contributed by atoms with Gasteiger partial charge in [-0.25, -0.2) is 4.98 Å². The second-order valence-corrected chi connectivity index (χ2v) is 8.81. The molecular formula is C27H18N2O3S. The molecule has 1 atom stereocenters. The Bertz CT molecular complexity index is 1660. The van der Waals surface area contributed by atoms with E-state index in [4.69, 9.17) is 9.40 Å². The Morgan fingerprint density at radius 1 is 0.848 bits per heavy atom. The molecule has 0 radical (unpaired) electrons. The van der Waals surface area contributed by atoms with E-state index < -0.39 is 6.04 Å². The van der Waals surface area contributed by atoms with Crippen molar-refractivity contribution < 1.29 is 9.52 Å². The van der Waals surface area contributed by atoms with Gasteiger partial charge in [-0.05, 0) is 42.0 Å². The summed E-state index contributed by atoms with van der Waals surface area (Å²) in [5, 5.41) is 16.1. The lowest BCUT2D eigenvalue weighted by molar-refractivity contribution is 0.465. The minimum absolute atomic E-state index is 0.0448. The van der Waals surface area contributed by atoms with Crippen LogP contribution in [0.2, 0.25) is 0 Å². The van der Waals surface area contributed by atoms with Crippen LogP contribution in [0.1, 0.15) is 17.2 Å². The van der Waals surface area contributed by atoms with Crippen LogP contribution < -0.4 is 10.7 Å². The number of para-hydroxylation sites is 2. The van der Waals surface area contributed by atoms with Crippen molar-refractivity contribution in [3.8, 4) is 5.75 Å². The summed E-state index contributed by atoms with van der Waals surface area (Å²) in [6.45, 7) is 0. The fourth-order valence-corrected chi connectivity index (χ4v) is 5.07. The number of thiazole rings is 1. The lowest BCUT2D eigenvalue weighted by Crippen LogP contribution is -2.14. The Labute approximate surface area is 192 Å². The zero-order chi connectivity index (χ0) is 22.4. The summed E-state index contributed by atoms with van der Waals surface area (Å²) in [5.41, 5.74) is 3.03. The number of aromatic nitrogens is 1. The second kappa shape index (κ2) is 7.76. The van der Waals surface area contributed by atoms with E-state index in [0.717, 1.165) is 15.8 Å². The van der Waals surface area contributed by atoms with Gasteiger partial charge in [0.25, 0.3) is 0 Å². The maximum Gasteiger partial charge on any atom is 0.200 e. The van der Waals surface area contributed by atoms with Crippen molar-refractivity contribution in [3.63, 3.8) is 0 Å². The lowest BCUT2D eigenvalue weighted by atomic mass is 9.95. The molecule has 0 aliphatic heterocycles. The maximum atomic E-state index is 13.2. The van der Waals surface area contributed by atoms with Crippen LogP contribution in [0.25, 0.3) is 32.2 Å². The molecule has 1 unspecified atom stereocenters. The fraction of sp³-hybridized carbons (Fsp3) is 0.0370. The highest BCUT2D eigenvalue weighted by molar-refractivity contribution is 7.22. The molecule has 160 valence electrons. The van der Waals surface area contributed by atoms with Crippen LogP contribution in [0, 0.1) is 0 Å². The molecule has 0 aliphatic rings. The number of fused-ring (bicyclic) bond motifs is 3. The Morgan fingerprint density at radius 3 is 2.45 bits per heavy atom. The molecule has 0 amide bonds. The molecule has 6 rings (SSSR count). The molecule has 0 bridgehead atoms. The molecule has 0 aliphatic carbocycles. The average molecular weight is 451 g/mol. The van der Waals surface area contributed by atoms with Crippen LogP contribution in [0.5, 0.6) is 5.75 Å². The molecular weight excluding hydrogens is 432 g/mol. The van der Waals surface area contributed by atoms with Gasteiger partial charge < -0.3 is 14.8 Å². The number of hydrogen-bond donors (Lipinski definition) is 2. The molecule has 0 fully saturated rings. The SMILES string of the molecule is O=c1c2ccccc2oc2c(C(Nc3nc4ccccc4s3)c3ccccc3)c(O)ccc12. The minimum Gasteiger partial charge on any atom is -0.507 e. The first kappa shape index (κ1) is 19.5. The zero-order valence-corrected chi connectivity index (χ0v) is 18.2. The Hall–Kier alpha value is -4.16. The second-order valence-electron chi connectivity index (χ2n) is 7.78. The summed E-state index contributed by atoms with van der Waals surface area (Å²) < 4.78 is 7.28. The smallest absolute Gasteiger partial charge is 0.200 e. The number of nitrogens with zero attached hydrogens (tertiary/aromatic N) is 1. The van der Waals surface area contributed by atoms with Crippen LogP contribution in [-0.4, -0.2) is 10.1 Å². The van der Waals surface area contributed by atoms with E-state index in [9.17, 15) is 9.90 Å². The topological polar surface area (TPSA) is 75.4 Å². The molecule has 6 aromatic rings. The van der Waals surface area contributed by atoms with E-state index in [1.807, 2.05) is 66.7 Å². The summed E-state index contributed by atoms with van der Waals surface area (Å²) in [6.07, 6.45) is 0. The molecule has 2 aromatic heterocycles. The summed E-state index contributed by atoms with van der Waals surface area (Å²) in [7, 11) is 0. The van der Waals surface area contributed by atoms with Gasteiger partial charge in [-0.15, -0.1) is 0 Å². The third kappa shape index (κ3) is 3.32. The van der Waals surface area contributed by atoms with Crippen molar-refractivity contribution in [3.05, 3.63) is 112 Å². The molecule has 2 heterocycles. The number of phenolic OH excluding ortho intramolecular Hbond substituents is 1. The van der Waals surface area contributed by atoms with Gasteiger partial charge in [0.15, 0.2) is 5.13 Å². The number of hydrogen-bond acceptors (Lipinski definition) is 6. The number of phenols is 1. The maximum absolute atomic E-state index is 13.2. The van der Waals surface area contributed by atoms with E-state index in [1.54, 1.807) is 24.3 Å². The zero-order valence-electron chi connectivity index (χ0n) is 17.4. The monoisotopic (exact) mass is 450 g/mol. The normalized spacial score (nSPS) is 12.4. The molecule has 0 saturated heterocycles. The molecule has 2 N–H and O–H groups in total. The van der Waals surface area contributed by atoms with E-state index >= 15 is 0 Å². The summed E-state index contributed by atoms with van der Waals surface area (Å²) >= 11 is 1.54. The average Bonchev–Trinajstić information content (AvgIpc) is 3.26. The number of rotatable bonds is 4. The standard InChI is InChI=1S/C27H18N2O3S/c30-20-15-14-18-25(31)17-10-4-6-12-21(17)32-26(18)23(20)24(16-8-2-1-3-9-16)29-27-28-19-11-5-7-13-22(19)33-27/h1-15,24,30H,(H,28,29). The van der Waals surface area contributed by atoms with Gasteiger partial charge in [0.05, 0.1) is 32.6 Å². The molecule has 5 nitrogen and oxygen atoms in total. The summed E-state index contributed by atoms with van der Waals surface area (Å²) in [4.78, 5) is 17.9. The van der Waals surface area contributed by atoms with Crippen LogP contribution in [0.15, 0.2) is 100 Å². The van der Waals surface area contributed by atoms with Gasteiger partial charge in [0, 0.05) is 0 Å². The van der Waals surface area contributed by atoms with E-state index in [0.29, 0.717) is 32.6 Å². The first-order valence-corrected chi connectivity index (χ1v) is 11.4. The largest absolute Gasteiger partial charge is 0.507 e. The predicted molar refractivity (Wildman–Crippen MR) is 133 cm³/mol. The molecule has 0 spiro atoms. The number of aromatic hydroxyl groups is 1. The van der Waals surface area contributed by atoms with Crippen molar-refractivity contribution in [2.75, 3.05) is 5.32 Å². The summed E-state index contributed by atoms with van der Waals surface area (Å²) in [5.74, 6) is 0.0448. The third-order valence-corrected chi connectivity index (χ3v) is 6.71. The molecule has 4 aromatic carbocycles. The van der Waals surface area contributed by atoms with Gasteiger partial charge in [-0.2, -0.15) is 0 Å². The van der Waals surface area contributed by atoms with Crippen molar-refractivity contribution in [1.29, 1.82) is 0 Å². The molecule has 33 heavy (non-hydrogen) atoms. The van der Waals surface area contributed by atoms with Gasteiger partial charge in [0.1, 0.15) is 16.9 Å². The Kier molecular flexibility index (Phi) is 4.59. The van der Waals surface area contributed by atoms with Crippen molar-refractivity contribution in [2.24, 2.45) is 0 Å². The van der Waals surface area contributed by atoms with Crippen LogP contribution >= 0.6 is 11.3 Å². The summed E-state index contributed by atoms with van der Waals surface area (Å²) in [6, 6.07) is 27.5. The number of benzene rings is 4. The van der Waals surface area contributed by atoms with Crippen molar-refractivity contribution >= 4 is 48.6 Å². The highest BCUT2D eigenvalue weighted by Crippen LogP contribution is 2.39. The predicted octanol–water partition coefficient (Wildman–Crippen LogP) is 6.46. The van der Waals surface area contributed by atoms with Crippen LogP contribution in [0.3, 0.4) is 0 Å². The van der Waals surface area contributed by atoms with Gasteiger partial charge in [-0.3, -0.25) is 4.79 Å². The fourth-order valence-electron chi connectivity index (χ4n) is 4.18. The van der Waals surface area contributed by atoms with E-state index in [1.165, 1.54) is 11.3 Å². The Morgan fingerprint density at radius 2 is 1.61 bits per heavy atom. The number of anilines is 1. The van der Waals surface area contributed by atoms with Crippen molar-refractivity contribution in [2.45, 2.75) is 6.04 Å². The van der Waals surface area contributed by atoms with Crippen LogP contribution in [-0.2, 0) is 0 Å². The highest BCUT2D eigenvalue weighted by atomic mass is 32.1. The van der Waals surface area contributed by atoms with E-state index in [2.05, 4.69) is 5.32 Å². The first-order chi connectivity index (χ1) is 16.2. The molecule has 6 heteroatoms. The highest BCUT2D eigenvalue weighted by Gasteiger charge is 2.25. The van der Waals surface area contributed by atoms with Gasteiger partial charge >= 0.3 is 0 Å². The number of nitrogens with one attached hydrogen (secondary N) is 1. The van der Waals surface area contributed by atoms with E-state index in [-0.39, 0.29) is 11.2 Å². The minimum atomic E-state index is -0.486. The first-order valence-electron chi connectivity index (χ1n) is 10.5. The third-order valence-electron chi connectivity index (χ3n) is 5.74. The Balaban J connectivity index is 1.61. The van der Waals surface area contributed by atoms with Gasteiger partial charge in [-0.1, -0.05) is 65.9 Å². The van der Waals surface area contributed by atoms with Crippen molar-refractivity contribution in [1.82, 2.24) is 4.98 Å². The van der Waals surface area contributed by atoms with Crippen LogP contribution in [0.4, 0.5) is 5.13 Å².